The fourth-order valence-corrected chi connectivity index (χ4v) is 2.08. The van der Waals surface area contributed by atoms with E-state index in [2.05, 4.69) is 10.9 Å². The van der Waals surface area contributed by atoms with Gasteiger partial charge in [-0.15, -0.1) is 0 Å². The molecule has 0 aromatic heterocycles. The normalized spacial score (nSPS) is 10.4. The van der Waals surface area contributed by atoms with Gasteiger partial charge >= 0.3 is 0 Å². The van der Waals surface area contributed by atoms with Gasteiger partial charge in [0.05, 0.1) is 17.0 Å². The molecule has 2 aromatic carbocycles. The largest absolute Gasteiger partial charge is 0.484 e. The Kier molecular flexibility index (Phi) is 5.75. The van der Waals surface area contributed by atoms with Gasteiger partial charge in [-0.3, -0.25) is 20.4 Å². The Labute approximate surface area is 146 Å². The summed E-state index contributed by atoms with van der Waals surface area (Å²) in [5.74, 6) is -0.350. The molecule has 0 aliphatic heterocycles. The van der Waals surface area contributed by atoms with E-state index < -0.39 is 11.3 Å². The van der Waals surface area contributed by atoms with E-state index in [-0.39, 0.29) is 12.5 Å². The minimum Gasteiger partial charge on any atom is -0.484 e. The van der Waals surface area contributed by atoms with Crippen molar-refractivity contribution in [2.45, 2.75) is 19.3 Å². The van der Waals surface area contributed by atoms with Gasteiger partial charge in [0.1, 0.15) is 5.75 Å². The van der Waals surface area contributed by atoms with Crippen LogP contribution in [0.1, 0.15) is 25.0 Å². The number of hydrazine groups is 1. The van der Waals surface area contributed by atoms with E-state index in [0.29, 0.717) is 11.3 Å². The monoisotopic (exact) mass is 337 g/mol. The molecule has 2 amide bonds. The number of carbonyl (C=O) groups is 2. The molecule has 0 radical (unpaired) electrons. The first kappa shape index (κ1) is 18.0. The van der Waals surface area contributed by atoms with Crippen LogP contribution in [0.4, 0.5) is 0 Å². The molecule has 0 atom stereocenters. The Hall–Kier alpha value is -3.33. The fourth-order valence-electron chi connectivity index (χ4n) is 2.08. The third-order valence-electron chi connectivity index (χ3n) is 3.73. The van der Waals surface area contributed by atoms with Crippen molar-refractivity contribution in [1.29, 1.82) is 5.26 Å². The summed E-state index contributed by atoms with van der Waals surface area (Å²) in [7, 11) is 0. The van der Waals surface area contributed by atoms with Gasteiger partial charge in [-0.25, -0.2) is 0 Å². The number of rotatable bonds is 5. The van der Waals surface area contributed by atoms with Crippen LogP contribution in [0.2, 0.25) is 0 Å². The molecular weight excluding hydrogens is 318 g/mol. The summed E-state index contributed by atoms with van der Waals surface area (Å²) in [6.45, 7) is 3.30. The van der Waals surface area contributed by atoms with Crippen LogP contribution in [-0.2, 0) is 15.0 Å². The first-order chi connectivity index (χ1) is 11.9. The van der Waals surface area contributed by atoms with E-state index in [4.69, 9.17) is 10.00 Å². The molecule has 0 fully saturated rings. The zero-order valence-electron chi connectivity index (χ0n) is 14.1. The number of carbonyl (C=O) groups excluding carboxylic acids is 2. The predicted octanol–water partition coefficient (Wildman–Crippen LogP) is 2.06. The fraction of sp³-hybridized carbons (Fsp3) is 0.211. The first-order valence-electron chi connectivity index (χ1n) is 7.71. The summed E-state index contributed by atoms with van der Waals surface area (Å²) in [4.78, 5) is 24.1. The Balaban J connectivity index is 1.83. The smallest absolute Gasteiger partial charge is 0.276 e. The van der Waals surface area contributed by atoms with Crippen molar-refractivity contribution < 1.29 is 14.3 Å². The van der Waals surface area contributed by atoms with Crippen LogP contribution < -0.4 is 15.6 Å². The first-order valence-corrected chi connectivity index (χ1v) is 7.71. The molecule has 0 saturated carbocycles. The SMILES string of the molecule is CC(C)(C(=O)NNC(=O)COc1ccc(C#N)cc1)c1ccccc1. The number of ether oxygens (including phenoxy) is 1. The second kappa shape index (κ2) is 7.97. The van der Waals surface area contributed by atoms with Gasteiger partial charge < -0.3 is 4.74 Å². The van der Waals surface area contributed by atoms with Gasteiger partial charge in [0.2, 0.25) is 5.91 Å². The number of nitrogens with one attached hydrogen (secondary N) is 2. The third kappa shape index (κ3) is 4.82. The number of nitrogens with zero attached hydrogens (tertiary/aromatic N) is 1. The minimum atomic E-state index is -0.789. The molecule has 0 spiro atoms. The summed E-state index contributed by atoms with van der Waals surface area (Å²) in [6, 6.07) is 17.7. The molecule has 2 rings (SSSR count). The van der Waals surface area contributed by atoms with Crippen molar-refractivity contribution in [1.82, 2.24) is 10.9 Å². The highest BCUT2D eigenvalue weighted by molar-refractivity contribution is 5.89. The Morgan fingerprint density at radius 1 is 1.04 bits per heavy atom. The van der Waals surface area contributed by atoms with Crippen molar-refractivity contribution in [3.05, 3.63) is 65.7 Å². The Morgan fingerprint density at radius 3 is 2.28 bits per heavy atom. The number of benzene rings is 2. The maximum Gasteiger partial charge on any atom is 0.276 e. The molecule has 0 unspecified atom stereocenters. The minimum absolute atomic E-state index is 0.252. The second-order valence-electron chi connectivity index (χ2n) is 5.92. The molecule has 25 heavy (non-hydrogen) atoms. The molecule has 0 heterocycles. The Morgan fingerprint density at radius 2 is 1.68 bits per heavy atom. The lowest BCUT2D eigenvalue weighted by Crippen LogP contribution is -2.50. The number of nitriles is 1. The highest BCUT2D eigenvalue weighted by Gasteiger charge is 2.29. The van der Waals surface area contributed by atoms with Gasteiger partial charge in [0, 0.05) is 0 Å². The van der Waals surface area contributed by atoms with Crippen molar-refractivity contribution in [3.63, 3.8) is 0 Å². The highest BCUT2D eigenvalue weighted by atomic mass is 16.5. The molecule has 6 heteroatoms. The summed E-state index contributed by atoms with van der Waals surface area (Å²) in [6.07, 6.45) is 0. The van der Waals surface area contributed by atoms with Crippen molar-refractivity contribution in [3.8, 4) is 11.8 Å². The van der Waals surface area contributed by atoms with Crippen LogP contribution in [0.5, 0.6) is 5.75 Å². The summed E-state index contributed by atoms with van der Waals surface area (Å²) in [5, 5.41) is 8.72. The topological polar surface area (TPSA) is 91.2 Å². The average Bonchev–Trinajstić information content (AvgIpc) is 2.65. The molecule has 6 nitrogen and oxygen atoms in total. The van der Waals surface area contributed by atoms with Crippen LogP contribution >= 0.6 is 0 Å². The zero-order chi connectivity index (χ0) is 18.3. The number of hydrogen-bond donors (Lipinski definition) is 2. The second-order valence-corrected chi connectivity index (χ2v) is 5.92. The van der Waals surface area contributed by atoms with Crippen LogP contribution in [-0.4, -0.2) is 18.4 Å². The summed E-state index contributed by atoms with van der Waals surface area (Å²) in [5.41, 5.74) is 5.31. The van der Waals surface area contributed by atoms with E-state index in [1.807, 2.05) is 36.4 Å². The summed E-state index contributed by atoms with van der Waals surface area (Å²) < 4.78 is 5.30. The predicted molar refractivity (Wildman–Crippen MR) is 92.4 cm³/mol. The van der Waals surface area contributed by atoms with E-state index in [1.54, 1.807) is 38.1 Å². The molecule has 128 valence electrons. The van der Waals surface area contributed by atoms with Gasteiger partial charge in [0.15, 0.2) is 6.61 Å². The standard InChI is InChI=1S/C19H19N3O3/c1-19(2,15-6-4-3-5-7-15)18(24)22-21-17(23)13-25-16-10-8-14(12-20)9-11-16/h3-11H,13H2,1-2H3,(H,21,23)(H,22,24). The average molecular weight is 337 g/mol. The van der Waals surface area contributed by atoms with Crippen LogP contribution in [0.25, 0.3) is 0 Å². The van der Waals surface area contributed by atoms with Gasteiger partial charge in [-0.2, -0.15) is 5.26 Å². The molecular formula is C19H19N3O3. The van der Waals surface area contributed by atoms with Gasteiger partial charge in [-0.1, -0.05) is 30.3 Å². The van der Waals surface area contributed by atoms with E-state index in [0.717, 1.165) is 5.56 Å². The zero-order valence-corrected chi connectivity index (χ0v) is 14.1. The lowest BCUT2D eigenvalue weighted by atomic mass is 9.84. The van der Waals surface area contributed by atoms with E-state index in [1.165, 1.54) is 0 Å². The summed E-state index contributed by atoms with van der Waals surface area (Å²) >= 11 is 0. The molecule has 0 bridgehead atoms. The molecule has 0 aliphatic rings. The van der Waals surface area contributed by atoms with Crippen LogP contribution in [0.15, 0.2) is 54.6 Å². The number of amides is 2. The molecule has 0 aliphatic carbocycles. The highest BCUT2D eigenvalue weighted by Crippen LogP contribution is 2.22. The van der Waals surface area contributed by atoms with Crippen LogP contribution in [0, 0.1) is 11.3 Å². The van der Waals surface area contributed by atoms with Crippen molar-refractivity contribution in [2.75, 3.05) is 6.61 Å². The van der Waals surface area contributed by atoms with Crippen molar-refractivity contribution >= 4 is 11.8 Å². The van der Waals surface area contributed by atoms with Gasteiger partial charge in [-0.05, 0) is 43.7 Å². The van der Waals surface area contributed by atoms with Crippen molar-refractivity contribution in [2.24, 2.45) is 0 Å². The maximum absolute atomic E-state index is 12.3. The lowest BCUT2D eigenvalue weighted by Gasteiger charge is -2.24. The number of hydrogen-bond acceptors (Lipinski definition) is 4. The molecule has 2 N–H and O–H groups in total. The van der Waals surface area contributed by atoms with Gasteiger partial charge in [0.25, 0.3) is 5.91 Å². The molecule has 2 aromatic rings. The van der Waals surface area contributed by atoms with Crippen LogP contribution in [0.3, 0.4) is 0 Å². The lowest BCUT2D eigenvalue weighted by molar-refractivity contribution is -0.132. The van der Waals surface area contributed by atoms with E-state index in [9.17, 15) is 9.59 Å². The Bertz CT molecular complexity index is 778. The third-order valence-corrected chi connectivity index (χ3v) is 3.73. The maximum atomic E-state index is 12.3. The van der Waals surface area contributed by atoms with E-state index >= 15 is 0 Å². The molecule has 0 saturated heterocycles. The quantitative estimate of drug-likeness (QED) is 0.817.